The van der Waals surface area contributed by atoms with Crippen molar-refractivity contribution in [3.63, 3.8) is 0 Å². The summed E-state index contributed by atoms with van der Waals surface area (Å²) in [5.74, 6) is 0.194. The van der Waals surface area contributed by atoms with Gasteiger partial charge in [0.25, 0.3) is 0 Å². The van der Waals surface area contributed by atoms with Crippen molar-refractivity contribution in [1.29, 1.82) is 0 Å². The van der Waals surface area contributed by atoms with Crippen LogP contribution in [0.25, 0.3) is 0 Å². The van der Waals surface area contributed by atoms with Gasteiger partial charge in [-0.05, 0) is 68.7 Å². The second-order valence-corrected chi connectivity index (χ2v) is 11.0. The molecule has 2 aromatic rings. The van der Waals surface area contributed by atoms with E-state index < -0.39 is 11.6 Å². The van der Waals surface area contributed by atoms with E-state index in [2.05, 4.69) is 31.6 Å². The molecule has 1 aromatic heterocycles. The second-order valence-electron chi connectivity index (χ2n) is 11.0. The number of anilines is 1. The van der Waals surface area contributed by atoms with Crippen LogP contribution in [0, 0.1) is 17.6 Å². The van der Waals surface area contributed by atoms with Gasteiger partial charge >= 0.3 is 0 Å². The molecule has 3 aliphatic rings. The lowest BCUT2D eigenvalue weighted by Gasteiger charge is -2.42. The maximum atomic E-state index is 14.5. The zero-order valence-corrected chi connectivity index (χ0v) is 22.0. The van der Waals surface area contributed by atoms with Crippen LogP contribution >= 0.6 is 0 Å². The minimum absolute atomic E-state index is 0.0176. The maximum absolute atomic E-state index is 14.5. The van der Waals surface area contributed by atoms with Crippen LogP contribution in [0.3, 0.4) is 0 Å². The van der Waals surface area contributed by atoms with Crippen molar-refractivity contribution in [2.75, 3.05) is 45.2 Å². The Kier molecular flexibility index (Phi) is 8.21. The van der Waals surface area contributed by atoms with Crippen LogP contribution < -0.4 is 5.32 Å². The number of aryl methyl sites for hydroxylation is 1. The van der Waals surface area contributed by atoms with Crippen molar-refractivity contribution in [2.45, 2.75) is 70.0 Å². The van der Waals surface area contributed by atoms with Gasteiger partial charge in [-0.15, -0.1) is 0 Å². The number of aromatic nitrogens is 2. The third kappa shape index (κ3) is 6.04. The molecule has 0 unspecified atom stereocenters. The first-order chi connectivity index (χ1) is 17.9. The van der Waals surface area contributed by atoms with Crippen LogP contribution in [0.4, 0.5) is 14.6 Å². The molecule has 9 heteroatoms. The Labute approximate surface area is 218 Å². The number of rotatable bonds is 9. The molecule has 1 amide bonds. The minimum Gasteiger partial charge on any atom is -0.381 e. The lowest BCUT2D eigenvalue weighted by Crippen LogP contribution is -2.49. The molecule has 2 fully saturated rings. The highest BCUT2D eigenvalue weighted by Crippen LogP contribution is 2.29. The summed E-state index contributed by atoms with van der Waals surface area (Å²) < 4.78 is 35.6. The van der Waals surface area contributed by atoms with E-state index in [4.69, 9.17) is 4.74 Å². The average Bonchev–Trinajstić information content (AvgIpc) is 3.32. The van der Waals surface area contributed by atoms with Gasteiger partial charge in [0.2, 0.25) is 5.91 Å². The number of amides is 1. The summed E-state index contributed by atoms with van der Waals surface area (Å²) in [6.07, 6.45) is 9.44. The molecule has 0 spiro atoms. The Morgan fingerprint density at radius 3 is 2.78 bits per heavy atom. The van der Waals surface area contributed by atoms with Gasteiger partial charge < -0.3 is 14.6 Å². The predicted octanol–water partition coefficient (Wildman–Crippen LogP) is 4.04. The predicted molar refractivity (Wildman–Crippen MR) is 139 cm³/mol. The summed E-state index contributed by atoms with van der Waals surface area (Å²) in [4.78, 5) is 22.4. The van der Waals surface area contributed by atoms with Gasteiger partial charge in [-0.3, -0.25) is 14.6 Å². The zero-order valence-electron chi connectivity index (χ0n) is 22.0. The molecule has 2 aliphatic heterocycles. The van der Waals surface area contributed by atoms with Crippen LogP contribution in [-0.4, -0.2) is 77.2 Å². The molecule has 0 saturated carbocycles. The fraction of sp³-hybridized carbons (Fsp3) is 0.643. The SMILES string of the molecule is CCC[C@@H](C(=O)Nc1cn(C2CN(CC3CCOCC3)C2)cn1)N(C)[C@H]1CCc2cc(F)cc(F)c2C1. The second kappa shape index (κ2) is 11.6. The number of nitrogens with one attached hydrogen (secondary N) is 1. The van der Waals surface area contributed by atoms with Gasteiger partial charge in [-0.25, -0.2) is 13.8 Å². The summed E-state index contributed by atoms with van der Waals surface area (Å²) >= 11 is 0. The fourth-order valence-electron chi connectivity index (χ4n) is 6.15. The van der Waals surface area contributed by atoms with Crippen molar-refractivity contribution in [3.05, 3.63) is 47.4 Å². The first-order valence-corrected chi connectivity index (χ1v) is 13.7. The largest absolute Gasteiger partial charge is 0.381 e. The normalized spacial score (nSPS) is 22.0. The molecule has 5 rings (SSSR count). The molecule has 1 N–H and O–H groups in total. The van der Waals surface area contributed by atoms with E-state index in [-0.39, 0.29) is 18.0 Å². The molecule has 2 atom stereocenters. The number of ether oxygens (including phenoxy) is 1. The number of fused-ring (bicyclic) bond motifs is 1. The Bertz CT molecular complexity index is 1080. The molecular weight excluding hydrogens is 476 g/mol. The van der Waals surface area contributed by atoms with E-state index in [1.54, 1.807) is 0 Å². The van der Waals surface area contributed by atoms with E-state index >= 15 is 0 Å². The molecule has 1 aliphatic carbocycles. The van der Waals surface area contributed by atoms with Gasteiger partial charge in [0.1, 0.15) is 11.6 Å². The summed E-state index contributed by atoms with van der Waals surface area (Å²) in [7, 11) is 1.94. The number of likely N-dealkylation sites (N-methyl/N-ethyl adjacent to an activating group) is 1. The smallest absolute Gasteiger partial charge is 0.242 e. The first kappa shape index (κ1) is 26.3. The third-order valence-electron chi connectivity index (χ3n) is 8.44. The molecule has 2 saturated heterocycles. The van der Waals surface area contributed by atoms with Gasteiger partial charge in [0, 0.05) is 51.2 Å². The van der Waals surface area contributed by atoms with Crippen LogP contribution in [0.15, 0.2) is 24.7 Å². The third-order valence-corrected chi connectivity index (χ3v) is 8.44. The zero-order chi connectivity index (χ0) is 25.9. The van der Waals surface area contributed by atoms with Crippen molar-refractivity contribution in [3.8, 4) is 0 Å². The molecular formula is C28H39F2N5O2. The van der Waals surface area contributed by atoms with Crippen molar-refractivity contribution >= 4 is 11.7 Å². The highest BCUT2D eigenvalue weighted by molar-refractivity contribution is 5.94. The Morgan fingerprint density at radius 2 is 2.03 bits per heavy atom. The highest BCUT2D eigenvalue weighted by Gasteiger charge is 2.33. The van der Waals surface area contributed by atoms with Crippen LogP contribution in [0.1, 0.15) is 56.2 Å². The molecule has 0 radical (unpaired) electrons. The number of benzene rings is 1. The lowest BCUT2D eigenvalue weighted by atomic mass is 9.86. The average molecular weight is 516 g/mol. The number of hydrogen-bond donors (Lipinski definition) is 1. The lowest BCUT2D eigenvalue weighted by molar-refractivity contribution is -0.122. The number of imidazole rings is 1. The number of halogens is 2. The molecule has 37 heavy (non-hydrogen) atoms. The summed E-state index contributed by atoms with van der Waals surface area (Å²) in [5, 5.41) is 3.02. The number of carbonyl (C=O) groups excluding carboxylic acids is 1. The number of carbonyl (C=O) groups is 1. The Hall–Kier alpha value is -2.36. The van der Waals surface area contributed by atoms with E-state index in [1.165, 1.54) is 6.07 Å². The van der Waals surface area contributed by atoms with Gasteiger partial charge in [0.05, 0.1) is 18.4 Å². The van der Waals surface area contributed by atoms with E-state index in [0.29, 0.717) is 36.7 Å². The number of hydrogen-bond acceptors (Lipinski definition) is 5. The van der Waals surface area contributed by atoms with Crippen LogP contribution in [0.2, 0.25) is 0 Å². The summed E-state index contributed by atoms with van der Waals surface area (Å²) in [6, 6.07) is 2.45. The van der Waals surface area contributed by atoms with E-state index in [0.717, 1.165) is 76.1 Å². The first-order valence-electron chi connectivity index (χ1n) is 13.7. The monoisotopic (exact) mass is 515 g/mol. The minimum atomic E-state index is -0.528. The molecule has 202 valence electrons. The van der Waals surface area contributed by atoms with Crippen molar-refractivity contribution in [1.82, 2.24) is 19.4 Å². The van der Waals surface area contributed by atoms with Gasteiger partial charge in [-0.1, -0.05) is 13.3 Å². The van der Waals surface area contributed by atoms with Crippen molar-refractivity contribution in [2.24, 2.45) is 5.92 Å². The van der Waals surface area contributed by atoms with Crippen LogP contribution in [0.5, 0.6) is 0 Å². The number of nitrogens with zero attached hydrogens (tertiary/aromatic N) is 4. The van der Waals surface area contributed by atoms with Gasteiger partial charge in [-0.2, -0.15) is 0 Å². The van der Waals surface area contributed by atoms with Crippen molar-refractivity contribution < 1.29 is 18.3 Å². The standard InChI is InChI=1S/C28H39F2N5O2/c1-3-4-26(33(2)22-6-5-20-11-21(29)12-25(30)24(20)13-22)28(36)32-27-17-35(18-31-27)23-15-34(16-23)14-19-7-9-37-10-8-19/h11-12,17-19,22-23,26H,3-10,13-16H2,1-2H3,(H,32,36)/t22-,26-/m0/s1. The summed E-state index contributed by atoms with van der Waals surface area (Å²) in [5.41, 5.74) is 1.32. The fourth-order valence-corrected chi connectivity index (χ4v) is 6.15. The molecule has 3 heterocycles. The van der Waals surface area contributed by atoms with Crippen LogP contribution in [-0.2, 0) is 22.4 Å². The van der Waals surface area contributed by atoms with E-state index in [9.17, 15) is 13.6 Å². The highest BCUT2D eigenvalue weighted by atomic mass is 19.1. The molecule has 1 aromatic carbocycles. The molecule has 7 nitrogen and oxygen atoms in total. The summed E-state index contributed by atoms with van der Waals surface area (Å²) in [6.45, 7) is 6.97. The number of likely N-dealkylation sites (tertiary alicyclic amines) is 1. The topological polar surface area (TPSA) is 62.6 Å². The van der Waals surface area contributed by atoms with E-state index in [1.807, 2.05) is 19.6 Å². The van der Waals surface area contributed by atoms with Gasteiger partial charge in [0.15, 0.2) is 5.82 Å². The molecule has 0 bridgehead atoms. The quantitative estimate of drug-likeness (QED) is 0.546. The Balaban J connectivity index is 1.16. The Morgan fingerprint density at radius 1 is 1.24 bits per heavy atom. The maximum Gasteiger partial charge on any atom is 0.242 e.